The fraction of sp³-hybridized carbons (Fsp3) is 0.483. The maximum absolute atomic E-state index is 14.2. The number of amides is 1. The lowest BCUT2D eigenvalue weighted by Gasteiger charge is -2.39. The Morgan fingerprint density at radius 3 is 2.59 bits per heavy atom. The average Bonchev–Trinajstić information content (AvgIpc) is 3.43. The van der Waals surface area contributed by atoms with E-state index >= 15 is 0 Å². The highest BCUT2D eigenvalue weighted by atomic mass is 35.5. The standard InChI is InChI=1S/C29H31ClF3N5O/c1-28(7-4-8-28)34-14-17-9-22-23(24(10-17)29(31,32)33)15-38(27(22)39)21-6-3-5-18(13-21)25(19-11-20(30)12-19)26-36-35-16-37(26)2/h3,5-6,9-10,13,16,19-20,25,34H,4,7-8,11-12,14-15H2,1-2H3/t19-,20+,25?. The molecule has 10 heteroatoms. The Labute approximate surface area is 230 Å². The number of aromatic nitrogens is 3. The number of alkyl halides is 4. The van der Waals surface area contributed by atoms with Gasteiger partial charge in [0.15, 0.2) is 0 Å². The quantitative estimate of drug-likeness (QED) is 0.353. The predicted molar refractivity (Wildman–Crippen MR) is 143 cm³/mol. The van der Waals surface area contributed by atoms with Crippen LogP contribution in [-0.4, -0.2) is 31.6 Å². The van der Waals surface area contributed by atoms with Crippen LogP contribution in [0.4, 0.5) is 18.9 Å². The van der Waals surface area contributed by atoms with E-state index in [1.807, 2.05) is 29.8 Å². The second-order valence-corrected chi connectivity index (χ2v) is 12.1. The molecule has 3 aromatic rings. The number of rotatable bonds is 7. The largest absolute Gasteiger partial charge is 0.416 e. The average molecular weight is 558 g/mol. The first-order chi connectivity index (χ1) is 18.5. The van der Waals surface area contributed by atoms with Crippen LogP contribution in [0.5, 0.6) is 0 Å². The van der Waals surface area contributed by atoms with Crippen molar-refractivity contribution in [3.05, 3.63) is 76.4 Å². The van der Waals surface area contributed by atoms with Crippen molar-refractivity contribution in [2.75, 3.05) is 4.90 Å². The second-order valence-electron chi connectivity index (χ2n) is 11.5. The summed E-state index contributed by atoms with van der Waals surface area (Å²) < 4.78 is 44.4. The molecule has 206 valence electrons. The van der Waals surface area contributed by atoms with Gasteiger partial charge in [-0.05, 0) is 85.9 Å². The molecule has 1 aliphatic heterocycles. The number of aryl methyl sites for hydroxylation is 1. The van der Waals surface area contributed by atoms with Crippen molar-refractivity contribution in [2.45, 2.75) is 75.1 Å². The molecule has 6 nitrogen and oxygen atoms in total. The van der Waals surface area contributed by atoms with Crippen molar-refractivity contribution in [1.82, 2.24) is 20.1 Å². The lowest BCUT2D eigenvalue weighted by Crippen LogP contribution is -2.47. The van der Waals surface area contributed by atoms with Gasteiger partial charge in [0, 0.05) is 41.7 Å². The van der Waals surface area contributed by atoms with Crippen LogP contribution < -0.4 is 10.2 Å². The summed E-state index contributed by atoms with van der Waals surface area (Å²) in [6.45, 7) is 2.25. The van der Waals surface area contributed by atoms with E-state index in [1.165, 1.54) is 11.0 Å². The lowest BCUT2D eigenvalue weighted by atomic mass is 9.72. The molecule has 0 radical (unpaired) electrons. The fourth-order valence-electron chi connectivity index (χ4n) is 6.18. The lowest BCUT2D eigenvalue weighted by molar-refractivity contribution is -0.138. The monoisotopic (exact) mass is 557 g/mol. The minimum atomic E-state index is -4.56. The summed E-state index contributed by atoms with van der Waals surface area (Å²) in [7, 11) is 1.89. The van der Waals surface area contributed by atoms with E-state index in [9.17, 15) is 18.0 Å². The van der Waals surface area contributed by atoms with Gasteiger partial charge in [-0.25, -0.2) is 0 Å². The molecule has 0 saturated heterocycles. The Kier molecular flexibility index (Phi) is 6.50. The minimum absolute atomic E-state index is 0.0327. The molecule has 2 heterocycles. The van der Waals surface area contributed by atoms with Crippen LogP contribution in [0.1, 0.15) is 83.4 Å². The van der Waals surface area contributed by atoms with Crippen LogP contribution >= 0.6 is 11.6 Å². The summed E-state index contributed by atoms with van der Waals surface area (Å²) in [4.78, 5) is 15.1. The number of hydrogen-bond donors (Lipinski definition) is 1. The smallest absolute Gasteiger partial charge is 0.320 e. The third kappa shape index (κ3) is 4.84. The van der Waals surface area contributed by atoms with Crippen LogP contribution in [0.3, 0.4) is 0 Å². The number of nitrogens with zero attached hydrogens (tertiary/aromatic N) is 4. The van der Waals surface area contributed by atoms with Gasteiger partial charge in [0.1, 0.15) is 12.2 Å². The Bertz CT molecular complexity index is 1410. The van der Waals surface area contributed by atoms with E-state index in [2.05, 4.69) is 22.4 Å². The summed E-state index contributed by atoms with van der Waals surface area (Å²) >= 11 is 6.31. The molecule has 0 spiro atoms. The molecule has 6 rings (SSSR count). The number of carbonyl (C=O) groups excluding carboxylic acids is 1. The van der Waals surface area contributed by atoms with Gasteiger partial charge in [0.05, 0.1) is 12.1 Å². The third-order valence-electron chi connectivity index (χ3n) is 8.74. The first-order valence-electron chi connectivity index (χ1n) is 13.4. The van der Waals surface area contributed by atoms with Crippen molar-refractivity contribution in [1.29, 1.82) is 0 Å². The van der Waals surface area contributed by atoms with Crippen LogP contribution in [-0.2, 0) is 26.3 Å². The van der Waals surface area contributed by atoms with Crippen LogP contribution in [0.2, 0.25) is 0 Å². The zero-order chi connectivity index (χ0) is 27.5. The van der Waals surface area contributed by atoms with E-state index in [-0.39, 0.29) is 47.0 Å². The number of halogens is 4. The molecule has 2 aliphatic carbocycles. The van der Waals surface area contributed by atoms with E-state index in [0.717, 1.165) is 43.5 Å². The van der Waals surface area contributed by atoms with E-state index < -0.39 is 17.6 Å². The third-order valence-corrected chi connectivity index (χ3v) is 9.09. The van der Waals surface area contributed by atoms with E-state index in [4.69, 9.17) is 11.6 Å². The molecular formula is C29H31ClF3N5O. The van der Waals surface area contributed by atoms with Gasteiger partial charge in [0.2, 0.25) is 0 Å². The normalized spacial score (nSPS) is 22.8. The Balaban J connectivity index is 1.33. The summed E-state index contributed by atoms with van der Waals surface area (Å²) in [5, 5.41) is 11.9. The second kappa shape index (κ2) is 9.63. The first-order valence-corrected chi connectivity index (χ1v) is 13.8. The topological polar surface area (TPSA) is 63.1 Å². The highest BCUT2D eigenvalue weighted by Crippen LogP contribution is 2.46. The Morgan fingerprint density at radius 2 is 1.97 bits per heavy atom. The van der Waals surface area contributed by atoms with Crippen LogP contribution in [0, 0.1) is 5.92 Å². The van der Waals surface area contributed by atoms with Gasteiger partial charge in [0.25, 0.3) is 5.91 Å². The zero-order valence-corrected chi connectivity index (χ0v) is 22.7. The first kappa shape index (κ1) is 26.3. The number of hydrogen-bond acceptors (Lipinski definition) is 4. The molecule has 0 bridgehead atoms. The van der Waals surface area contributed by atoms with Gasteiger partial charge in [-0.15, -0.1) is 21.8 Å². The fourth-order valence-corrected chi connectivity index (χ4v) is 6.64. The van der Waals surface area contributed by atoms with Crippen molar-refractivity contribution in [2.24, 2.45) is 13.0 Å². The molecule has 1 atom stereocenters. The summed E-state index contributed by atoms with van der Waals surface area (Å²) in [5.41, 5.74) is 1.35. The van der Waals surface area contributed by atoms with E-state index in [1.54, 1.807) is 18.5 Å². The number of anilines is 1. The van der Waals surface area contributed by atoms with Gasteiger partial charge in [-0.1, -0.05) is 12.1 Å². The zero-order valence-electron chi connectivity index (χ0n) is 21.9. The van der Waals surface area contributed by atoms with Crippen molar-refractivity contribution >= 4 is 23.2 Å². The Morgan fingerprint density at radius 1 is 1.21 bits per heavy atom. The van der Waals surface area contributed by atoms with Crippen molar-refractivity contribution in [3.63, 3.8) is 0 Å². The molecule has 2 saturated carbocycles. The minimum Gasteiger partial charge on any atom is -0.320 e. The van der Waals surface area contributed by atoms with Crippen molar-refractivity contribution < 1.29 is 18.0 Å². The molecule has 2 fully saturated rings. The molecule has 2 aromatic carbocycles. The van der Waals surface area contributed by atoms with Gasteiger partial charge >= 0.3 is 6.18 Å². The molecule has 1 amide bonds. The molecular weight excluding hydrogens is 527 g/mol. The SMILES string of the molecule is Cn1cnnc1C(c1cccc(N2Cc3c(cc(CNC4(C)CCC4)cc3C(F)(F)F)C2=O)c1)[C@H]1C[C@@H](Cl)C1. The molecule has 39 heavy (non-hydrogen) atoms. The Hall–Kier alpha value is -2.91. The van der Waals surface area contributed by atoms with Gasteiger partial charge < -0.3 is 14.8 Å². The molecule has 3 aliphatic rings. The van der Waals surface area contributed by atoms with Gasteiger partial charge in [-0.2, -0.15) is 13.2 Å². The maximum atomic E-state index is 14.2. The molecule has 1 unspecified atom stereocenters. The number of fused-ring (bicyclic) bond motifs is 1. The van der Waals surface area contributed by atoms with E-state index in [0.29, 0.717) is 11.3 Å². The highest BCUT2D eigenvalue weighted by molar-refractivity contribution is 6.21. The predicted octanol–water partition coefficient (Wildman–Crippen LogP) is 6.18. The van der Waals surface area contributed by atoms with Gasteiger partial charge in [-0.3, -0.25) is 4.79 Å². The number of carbonyl (C=O) groups is 1. The summed E-state index contributed by atoms with van der Waals surface area (Å²) in [6.07, 6.45) is 1.87. The molecule has 1 aromatic heterocycles. The van der Waals surface area contributed by atoms with Crippen LogP contribution in [0.25, 0.3) is 0 Å². The summed E-state index contributed by atoms with van der Waals surface area (Å²) in [5.74, 6) is 0.572. The maximum Gasteiger partial charge on any atom is 0.416 e. The molecule has 1 N–H and O–H groups in total. The van der Waals surface area contributed by atoms with Crippen molar-refractivity contribution in [3.8, 4) is 0 Å². The van der Waals surface area contributed by atoms with Crippen LogP contribution in [0.15, 0.2) is 42.7 Å². The summed E-state index contributed by atoms with van der Waals surface area (Å²) in [6, 6.07) is 10.3. The number of benzene rings is 2. The number of nitrogens with one attached hydrogen (secondary N) is 1. The highest BCUT2D eigenvalue weighted by Gasteiger charge is 2.42.